The van der Waals surface area contributed by atoms with Gasteiger partial charge in [0.15, 0.2) is 0 Å². The molecule has 0 radical (unpaired) electrons. The Morgan fingerprint density at radius 3 is 2.81 bits per heavy atom. The second-order valence-corrected chi connectivity index (χ2v) is 3.58. The number of carboxylic acids is 1. The second kappa shape index (κ2) is 3.84. The summed E-state index contributed by atoms with van der Waals surface area (Å²) in [5, 5.41) is 9.06. The maximum atomic E-state index is 11.7. The topological polar surface area (TPSA) is 75.1 Å². The number of aromatic nitrogens is 2. The van der Waals surface area contributed by atoms with E-state index < -0.39 is 12.0 Å². The third-order valence-corrected chi connectivity index (χ3v) is 2.61. The van der Waals surface area contributed by atoms with E-state index in [1.807, 2.05) is 0 Å². The van der Waals surface area contributed by atoms with Gasteiger partial charge in [0.1, 0.15) is 6.04 Å². The molecule has 1 unspecified atom stereocenters. The quantitative estimate of drug-likeness (QED) is 0.820. The van der Waals surface area contributed by atoms with Gasteiger partial charge in [-0.25, -0.2) is 9.59 Å². The first-order valence-electron chi connectivity index (χ1n) is 5.07. The number of imidazole rings is 1. The first-order valence-corrected chi connectivity index (χ1v) is 5.07. The fraction of sp³-hybridized carbons (Fsp3) is 0.273. The molecule has 2 N–H and O–H groups in total. The van der Waals surface area contributed by atoms with Gasteiger partial charge >= 0.3 is 11.7 Å². The average Bonchev–Trinajstić information content (AvgIpc) is 2.57. The maximum Gasteiger partial charge on any atom is 0.327 e. The first-order chi connectivity index (χ1) is 7.65. The number of aliphatic carboxylic acids is 1. The van der Waals surface area contributed by atoms with Crippen molar-refractivity contribution in [3.8, 4) is 0 Å². The monoisotopic (exact) mass is 220 g/mol. The number of carboxylic acid groups (broad SMARTS) is 1. The summed E-state index contributed by atoms with van der Waals surface area (Å²) in [6, 6.07) is 6.25. The molecule has 0 aliphatic heterocycles. The highest BCUT2D eigenvalue weighted by atomic mass is 16.4. The summed E-state index contributed by atoms with van der Waals surface area (Å²) in [6.07, 6.45) is 0.372. The molecule has 1 heterocycles. The molecule has 0 spiro atoms. The highest BCUT2D eigenvalue weighted by Crippen LogP contribution is 2.17. The smallest absolute Gasteiger partial charge is 0.327 e. The molecule has 0 aliphatic rings. The van der Waals surface area contributed by atoms with Crippen LogP contribution in [0.1, 0.15) is 19.4 Å². The number of rotatable bonds is 3. The second-order valence-electron chi connectivity index (χ2n) is 3.58. The minimum Gasteiger partial charge on any atom is -0.480 e. The van der Waals surface area contributed by atoms with E-state index in [1.165, 1.54) is 4.57 Å². The molecule has 5 nitrogen and oxygen atoms in total. The van der Waals surface area contributed by atoms with E-state index in [9.17, 15) is 9.59 Å². The highest BCUT2D eigenvalue weighted by Gasteiger charge is 2.21. The summed E-state index contributed by atoms with van der Waals surface area (Å²) in [7, 11) is 0. The van der Waals surface area contributed by atoms with Crippen LogP contribution in [0.15, 0.2) is 29.1 Å². The summed E-state index contributed by atoms with van der Waals surface area (Å²) >= 11 is 0. The predicted molar refractivity (Wildman–Crippen MR) is 59.5 cm³/mol. The fourth-order valence-corrected chi connectivity index (χ4v) is 1.85. The Balaban J connectivity index is 2.71. The van der Waals surface area contributed by atoms with Crippen LogP contribution in [0.4, 0.5) is 0 Å². The number of benzene rings is 1. The summed E-state index contributed by atoms with van der Waals surface area (Å²) in [4.78, 5) is 25.4. The molecule has 0 aliphatic carbocycles. The van der Waals surface area contributed by atoms with Gasteiger partial charge in [0, 0.05) is 0 Å². The predicted octanol–water partition coefficient (Wildman–Crippen LogP) is 1.37. The van der Waals surface area contributed by atoms with Crippen LogP contribution in [0.2, 0.25) is 0 Å². The van der Waals surface area contributed by atoms with Crippen LogP contribution in [0.25, 0.3) is 11.0 Å². The van der Waals surface area contributed by atoms with Crippen LogP contribution in [0.3, 0.4) is 0 Å². The van der Waals surface area contributed by atoms with Crippen LogP contribution in [-0.4, -0.2) is 20.6 Å². The molecule has 0 fully saturated rings. The largest absolute Gasteiger partial charge is 0.480 e. The van der Waals surface area contributed by atoms with Crippen LogP contribution in [0.5, 0.6) is 0 Å². The zero-order chi connectivity index (χ0) is 11.7. The lowest BCUT2D eigenvalue weighted by atomic mass is 10.2. The maximum absolute atomic E-state index is 11.7. The third-order valence-electron chi connectivity index (χ3n) is 2.61. The molecular weight excluding hydrogens is 208 g/mol. The van der Waals surface area contributed by atoms with E-state index >= 15 is 0 Å². The molecule has 2 aromatic rings. The summed E-state index contributed by atoms with van der Waals surface area (Å²) in [6.45, 7) is 1.74. The zero-order valence-corrected chi connectivity index (χ0v) is 8.80. The van der Waals surface area contributed by atoms with Gasteiger partial charge in [-0.05, 0) is 18.6 Å². The van der Waals surface area contributed by atoms with Crippen LogP contribution < -0.4 is 5.69 Å². The minimum absolute atomic E-state index is 0.372. The lowest BCUT2D eigenvalue weighted by Gasteiger charge is -2.11. The van der Waals surface area contributed by atoms with Crippen molar-refractivity contribution >= 4 is 17.0 Å². The molecule has 1 atom stereocenters. The van der Waals surface area contributed by atoms with Gasteiger partial charge < -0.3 is 10.1 Å². The lowest BCUT2D eigenvalue weighted by Crippen LogP contribution is -2.27. The number of carbonyl (C=O) groups is 1. The normalized spacial score (nSPS) is 12.8. The van der Waals surface area contributed by atoms with Crippen molar-refractivity contribution in [2.24, 2.45) is 0 Å². The number of fused-ring (bicyclic) bond motifs is 1. The molecular formula is C11H12N2O3. The van der Waals surface area contributed by atoms with Crippen molar-refractivity contribution in [3.63, 3.8) is 0 Å². The van der Waals surface area contributed by atoms with E-state index in [0.29, 0.717) is 17.5 Å². The Morgan fingerprint density at radius 1 is 1.50 bits per heavy atom. The van der Waals surface area contributed by atoms with E-state index in [1.54, 1.807) is 31.2 Å². The third kappa shape index (κ3) is 1.50. The van der Waals surface area contributed by atoms with Crippen LogP contribution >= 0.6 is 0 Å². The molecule has 1 aromatic carbocycles. The van der Waals surface area contributed by atoms with E-state index in [-0.39, 0.29) is 5.69 Å². The molecule has 1 aromatic heterocycles. The fourth-order valence-electron chi connectivity index (χ4n) is 1.85. The van der Waals surface area contributed by atoms with Gasteiger partial charge in [-0.15, -0.1) is 0 Å². The minimum atomic E-state index is -0.991. The Morgan fingerprint density at radius 2 is 2.19 bits per heavy atom. The molecule has 5 heteroatoms. The molecule has 0 amide bonds. The standard InChI is InChI=1S/C11H12N2O3/c1-2-8(10(14)15)13-9-6-4-3-5-7(9)12-11(13)16/h3-6,8H,2H2,1H3,(H,12,16)(H,14,15). The molecule has 2 rings (SSSR count). The zero-order valence-electron chi connectivity index (χ0n) is 8.80. The van der Waals surface area contributed by atoms with Crippen LogP contribution in [-0.2, 0) is 4.79 Å². The summed E-state index contributed by atoms with van der Waals surface area (Å²) in [5.74, 6) is -0.991. The van der Waals surface area contributed by atoms with Crippen molar-refractivity contribution in [1.82, 2.24) is 9.55 Å². The number of hydrogen-bond acceptors (Lipinski definition) is 2. The number of hydrogen-bond donors (Lipinski definition) is 2. The highest BCUT2D eigenvalue weighted by molar-refractivity contribution is 5.79. The summed E-state index contributed by atoms with van der Waals surface area (Å²) in [5.41, 5.74) is 0.907. The Kier molecular flexibility index (Phi) is 2.52. The van der Waals surface area contributed by atoms with Crippen molar-refractivity contribution in [3.05, 3.63) is 34.7 Å². The molecule has 16 heavy (non-hydrogen) atoms. The molecule has 84 valence electrons. The Labute approximate surface area is 91.3 Å². The van der Waals surface area contributed by atoms with Gasteiger partial charge in [0.2, 0.25) is 0 Å². The van der Waals surface area contributed by atoms with E-state index in [2.05, 4.69) is 4.98 Å². The Bertz CT molecular complexity index is 582. The van der Waals surface area contributed by atoms with E-state index in [4.69, 9.17) is 5.11 Å². The van der Waals surface area contributed by atoms with Crippen molar-refractivity contribution in [1.29, 1.82) is 0 Å². The average molecular weight is 220 g/mol. The number of nitrogens with one attached hydrogen (secondary N) is 1. The van der Waals surface area contributed by atoms with Gasteiger partial charge in [0.25, 0.3) is 0 Å². The number of nitrogens with zero attached hydrogens (tertiary/aromatic N) is 1. The van der Waals surface area contributed by atoms with Gasteiger partial charge in [-0.3, -0.25) is 4.57 Å². The van der Waals surface area contributed by atoms with Gasteiger partial charge in [-0.1, -0.05) is 19.1 Å². The first kappa shape index (κ1) is 10.5. The van der Waals surface area contributed by atoms with Gasteiger partial charge in [0.05, 0.1) is 11.0 Å². The van der Waals surface area contributed by atoms with Gasteiger partial charge in [-0.2, -0.15) is 0 Å². The number of para-hydroxylation sites is 2. The number of H-pyrrole nitrogens is 1. The van der Waals surface area contributed by atoms with Crippen molar-refractivity contribution < 1.29 is 9.90 Å². The molecule has 0 saturated heterocycles. The van der Waals surface area contributed by atoms with E-state index in [0.717, 1.165) is 0 Å². The number of aromatic amines is 1. The van der Waals surface area contributed by atoms with Crippen molar-refractivity contribution in [2.45, 2.75) is 19.4 Å². The molecule has 0 saturated carbocycles. The lowest BCUT2D eigenvalue weighted by molar-refractivity contribution is -0.140. The molecule has 0 bridgehead atoms. The van der Waals surface area contributed by atoms with Crippen LogP contribution in [0, 0.1) is 0 Å². The van der Waals surface area contributed by atoms with Crippen molar-refractivity contribution in [2.75, 3.05) is 0 Å². The Hall–Kier alpha value is -2.04. The SMILES string of the molecule is CCC(C(=O)O)n1c(=O)[nH]c2ccccc21. The summed E-state index contributed by atoms with van der Waals surface area (Å²) < 4.78 is 1.29.